The van der Waals surface area contributed by atoms with E-state index in [9.17, 15) is 4.79 Å². The molecule has 1 unspecified atom stereocenters. The lowest BCUT2D eigenvalue weighted by Gasteiger charge is -2.14. The molecule has 0 saturated carbocycles. The second kappa shape index (κ2) is 9.27. The number of benzene rings is 1. The van der Waals surface area contributed by atoms with Gasteiger partial charge in [-0.1, -0.05) is 20.3 Å². The van der Waals surface area contributed by atoms with E-state index in [1.54, 1.807) is 18.2 Å². The van der Waals surface area contributed by atoms with Crippen molar-refractivity contribution in [2.75, 3.05) is 13.2 Å². The monoisotopic (exact) mass is 294 g/mol. The minimum Gasteiger partial charge on any atom is -0.490 e. The predicted octanol–water partition coefficient (Wildman–Crippen LogP) is 4.22. The lowest BCUT2D eigenvalue weighted by atomic mass is 10.2. The van der Waals surface area contributed by atoms with Crippen LogP contribution in [0.4, 0.5) is 0 Å². The molecule has 4 nitrogen and oxygen atoms in total. The Hall–Kier alpha value is -1.71. The van der Waals surface area contributed by atoms with Gasteiger partial charge < -0.3 is 14.2 Å². The molecule has 1 aromatic carbocycles. The molecular formula is C17H26O4. The van der Waals surface area contributed by atoms with Crippen molar-refractivity contribution in [1.82, 2.24) is 0 Å². The minimum atomic E-state index is -0.328. The molecule has 0 radical (unpaired) electrons. The summed E-state index contributed by atoms with van der Waals surface area (Å²) in [6.45, 7) is 9.04. The van der Waals surface area contributed by atoms with Gasteiger partial charge >= 0.3 is 5.97 Å². The number of esters is 1. The molecule has 0 aliphatic heterocycles. The van der Waals surface area contributed by atoms with Crippen molar-refractivity contribution in [2.24, 2.45) is 0 Å². The molecule has 0 aliphatic rings. The molecule has 21 heavy (non-hydrogen) atoms. The summed E-state index contributed by atoms with van der Waals surface area (Å²) >= 11 is 0. The highest BCUT2D eigenvalue weighted by Crippen LogP contribution is 2.29. The van der Waals surface area contributed by atoms with Crippen molar-refractivity contribution in [1.29, 1.82) is 0 Å². The Morgan fingerprint density at radius 1 is 1.14 bits per heavy atom. The molecule has 1 aromatic rings. The van der Waals surface area contributed by atoms with Gasteiger partial charge in [0.15, 0.2) is 11.5 Å². The maximum Gasteiger partial charge on any atom is 0.338 e. The van der Waals surface area contributed by atoms with Crippen LogP contribution in [0.5, 0.6) is 11.5 Å². The van der Waals surface area contributed by atoms with Gasteiger partial charge in [-0.15, -0.1) is 0 Å². The topological polar surface area (TPSA) is 44.8 Å². The summed E-state index contributed by atoms with van der Waals surface area (Å²) in [5.41, 5.74) is 0.488. The van der Waals surface area contributed by atoms with E-state index in [0.29, 0.717) is 30.3 Å². The van der Waals surface area contributed by atoms with Crippen molar-refractivity contribution in [3.8, 4) is 11.5 Å². The van der Waals surface area contributed by atoms with Gasteiger partial charge in [-0.3, -0.25) is 0 Å². The first-order valence-corrected chi connectivity index (χ1v) is 7.72. The first-order valence-electron chi connectivity index (χ1n) is 7.72. The second-order valence-corrected chi connectivity index (χ2v) is 4.92. The Kier molecular flexibility index (Phi) is 7.65. The molecule has 0 fully saturated rings. The van der Waals surface area contributed by atoms with Crippen LogP contribution < -0.4 is 9.47 Å². The summed E-state index contributed by atoms with van der Waals surface area (Å²) in [6, 6.07) is 5.18. The third-order valence-corrected chi connectivity index (χ3v) is 3.12. The fourth-order valence-corrected chi connectivity index (χ4v) is 1.68. The molecule has 0 N–H and O–H groups in total. The van der Waals surface area contributed by atoms with Crippen LogP contribution in [0.15, 0.2) is 18.2 Å². The summed E-state index contributed by atoms with van der Waals surface area (Å²) in [5.74, 6) is 0.933. The van der Waals surface area contributed by atoms with Gasteiger partial charge in [0.05, 0.1) is 24.9 Å². The zero-order chi connectivity index (χ0) is 15.7. The molecule has 0 amide bonds. The smallest absolute Gasteiger partial charge is 0.338 e. The summed E-state index contributed by atoms with van der Waals surface area (Å²) in [6.07, 6.45) is 2.77. The molecular weight excluding hydrogens is 268 g/mol. The predicted molar refractivity (Wildman–Crippen MR) is 83.2 cm³/mol. The Morgan fingerprint density at radius 3 is 2.52 bits per heavy atom. The van der Waals surface area contributed by atoms with Gasteiger partial charge in [0, 0.05) is 0 Å². The zero-order valence-corrected chi connectivity index (χ0v) is 13.5. The van der Waals surface area contributed by atoms with Gasteiger partial charge in [0.25, 0.3) is 0 Å². The van der Waals surface area contributed by atoms with E-state index in [1.807, 2.05) is 20.8 Å². The highest BCUT2D eigenvalue weighted by Gasteiger charge is 2.14. The molecule has 0 saturated heterocycles. The van der Waals surface area contributed by atoms with Crippen LogP contribution in [0.2, 0.25) is 0 Å². The number of carbonyl (C=O) groups is 1. The van der Waals surface area contributed by atoms with Crippen LogP contribution in [0, 0.1) is 0 Å². The Morgan fingerprint density at radius 2 is 1.90 bits per heavy atom. The fourth-order valence-electron chi connectivity index (χ4n) is 1.68. The second-order valence-electron chi connectivity index (χ2n) is 4.92. The molecule has 4 heteroatoms. The van der Waals surface area contributed by atoms with Crippen LogP contribution in [0.1, 0.15) is 57.3 Å². The SMILES string of the molecule is CCCCOc1ccc(C(=O)OC(C)CC)cc1OCC. The zero-order valence-electron chi connectivity index (χ0n) is 13.5. The summed E-state index contributed by atoms with van der Waals surface area (Å²) in [4.78, 5) is 12.0. The quantitative estimate of drug-likeness (QED) is 0.505. The van der Waals surface area contributed by atoms with E-state index in [2.05, 4.69) is 6.92 Å². The van der Waals surface area contributed by atoms with E-state index < -0.39 is 0 Å². The first-order chi connectivity index (χ1) is 10.1. The van der Waals surface area contributed by atoms with Crippen molar-refractivity contribution in [2.45, 2.75) is 53.1 Å². The number of carbonyl (C=O) groups excluding carboxylic acids is 1. The van der Waals surface area contributed by atoms with Crippen LogP contribution >= 0.6 is 0 Å². The Labute approximate surface area is 127 Å². The molecule has 1 atom stereocenters. The van der Waals surface area contributed by atoms with Crippen molar-refractivity contribution in [3.05, 3.63) is 23.8 Å². The lowest BCUT2D eigenvalue weighted by molar-refractivity contribution is 0.0334. The largest absolute Gasteiger partial charge is 0.490 e. The minimum absolute atomic E-state index is 0.0893. The third kappa shape index (κ3) is 5.66. The number of ether oxygens (including phenoxy) is 3. The van der Waals surface area contributed by atoms with Crippen LogP contribution in [0.25, 0.3) is 0 Å². The van der Waals surface area contributed by atoms with Crippen molar-refractivity contribution < 1.29 is 19.0 Å². The highest BCUT2D eigenvalue weighted by molar-refractivity contribution is 5.90. The van der Waals surface area contributed by atoms with Crippen LogP contribution in [-0.4, -0.2) is 25.3 Å². The van der Waals surface area contributed by atoms with Gasteiger partial charge in [-0.25, -0.2) is 4.79 Å². The summed E-state index contributed by atoms with van der Waals surface area (Å²) in [5, 5.41) is 0. The number of hydrogen-bond acceptors (Lipinski definition) is 4. The normalized spacial score (nSPS) is 11.8. The molecule has 0 bridgehead atoms. The number of hydrogen-bond donors (Lipinski definition) is 0. The average molecular weight is 294 g/mol. The standard InChI is InChI=1S/C17H26O4/c1-5-8-11-20-15-10-9-14(12-16(15)19-7-3)17(18)21-13(4)6-2/h9-10,12-13H,5-8,11H2,1-4H3. The molecule has 0 aliphatic carbocycles. The maximum absolute atomic E-state index is 12.0. The van der Waals surface area contributed by atoms with Gasteiger partial charge in [0.2, 0.25) is 0 Å². The highest BCUT2D eigenvalue weighted by atomic mass is 16.5. The van der Waals surface area contributed by atoms with Crippen molar-refractivity contribution in [3.63, 3.8) is 0 Å². The van der Waals surface area contributed by atoms with Gasteiger partial charge in [-0.2, -0.15) is 0 Å². The molecule has 118 valence electrons. The molecule has 1 rings (SSSR count). The summed E-state index contributed by atoms with van der Waals surface area (Å²) < 4.78 is 16.6. The third-order valence-electron chi connectivity index (χ3n) is 3.12. The summed E-state index contributed by atoms with van der Waals surface area (Å²) in [7, 11) is 0. The Balaban J connectivity index is 2.83. The Bertz CT molecular complexity index is 442. The van der Waals surface area contributed by atoms with Crippen LogP contribution in [-0.2, 0) is 4.74 Å². The number of rotatable bonds is 9. The van der Waals surface area contributed by atoms with Gasteiger partial charge in [0.1, 0.15) is 0 Å². The van der Waals surface area contributed by atoms with Crippen LogP contribution in [0.3, 0.4) is 0 Å². The van der Waals surface area contributed by atoms with Gasteiger partial charge in [-0.05, 0) is 44.9 Å². The van der Waals surface area contributed by atoms with E-state index in [-0.39, 0.29) is 12.1 Å². The molecule has 0 aromatic heterocycles. The maximum atomic E-state index is 12.0. The fraction of sp³-hybridized carbons (Fsp3) is 0.588. The molecule has 0 heterocycles. The lowest BCUT2D eigenvalue weighted by Crippen LogP contribution is -2.14. The van der Waals surface area contributed by atoms with E-state index in [4.69, 9.17) is 14.2 Å². The van der Waals surface area contributed by atoms with Crippen molar-refractivity contribution >= 4 is 5.97 Å². The molecule has 0 spiro atoms. The average Bonchev–Trinajstić information content (AvgIpc) is 2.48. The van der Waals surface area contributed by atoms with E-state index in [1.165, 1.54) is 0 Å². The number of unbranched alkanes of at least 4 members (excludes halogenated alkanes) is 1. The van der Waals surface area contributed by atoms with E-state index in [0.717, 1.165) is 19.3 Å². The first kappa shape index (κ1) is 17.3. The van der Waals surface area contributed by atoms with E-state index >= 15 is 0 Å².